The zero-order chi connectivity index (χ0) is 19.4. The van der Waals surface area contributed by atoms with Gasteiger partial charge in [0, 0.05) is 29.8 Å². The third-order valence-corrected chi connectivity index (χ3v) is 4.69. The molecule has 140 valence electrons. The quantitative estimate of drug-likeness (QED) is 0.459. The Bertz CT molecular complexity index is 866. The van der Waals surface area contributed by atoms with Gasteiger partial charge in [0.25, 0.3) is 11.6 Å². The van der Waals surface area contributed by atoms with Gasteiger partial charge in [-0.05, 0) is 17.7 Å². The molecule has 0 saturated heterocycles. The lowest BCUT2D eigenvalue weighted by molar-refractivity contribution is -0.924. The van der Waals surface area contributed by atoms with Crippen molar-refractivity contribution in [2.24, 2.45) is 0 Å². The topological polar surface area (TPSA) is 103 Å². The predicted molar refractivity (Wildman–Crippen MR) is 97.2 cm³/mol. The number of methoxy groups -OCH3 is 1. The normalized spacial score (nSPS) is 18.3. The number of quaternary nitrogens is 1. The third-order valence-electron chi connectivity index (χ3n) is 4.69. The summed E-state index contributed by atoms with van der Waals surface area (Å²) >= 11 is 0. The number of nitro groups is 1. The van der Waals surface area contributed by atoms with Crippen LogP contribution < -0.4 is 10.2 Å². The van der Waals surface area contributed by atoms with Crippen molar-refractivity contribution in [1.82, 2.24) is 0 Å². The number of nitrogens with one attached hydrogen (secondary N) is 2. The van der Waals surface area contributed by atoms with E-state index in [1.54, 1.807) is 0 Å². The van der Waals surface area contributed by atoms with Crippen LogP contribution >= 0.6 is 0 Å². The molecule has 1 amide bonds. The number of carbonyl (C=O) groups excluding carboxylic acids is 2. The predicted octanol–water partition coefficient (Wildman–Crippen LogP) is 0.716. The second kappa shape index (κ2) is 7.96. The van der Waals surface area contributed by atoms with Crippen LogP contribution in [0.3, 0.4) is 0 Å². The second-order valence-electron chi connectivity index (χ2n) is 6.41. The van der Waals surface area contributed by atoms with E-state index in [4.69, 9.17) is 4.74 Å². The highest BCUT2D eigenvalue weighted by atomic mass is 16.6. The van der Waals surface area contributed by atoms with E-state index in [1.807, 2.05) is 24.3 Å². The Morgan fingerprint density at radius 2 is 1.85 bits per heavy atom. The van der Waals surface area contributed by atoms with Crippen molar-refractivity contribution >= 4 is 23.3 Å². The summed E-state index contributed by atoms with van der Waals surface area (Å²) in [7, 11) is 1.34. The minimum atomic E-state index is -0.498. The Balaban J connectivity index is 1.71. The molecule has 0 aromatic heterocycles. The molecule has 2 N–H and O–H groups in total. The van der Waals surface area contributed by atoms with E-state index in [-0.39, 0.29) is 24.1 Å². The molecule has 1 aliphatic rings. The number of ether oxygens (including phenoxy) is 1. The van der Waals surface area contributed by atoms with Gasteiger partial charge in [-0.3, -0.25) is 14.9 Å². The SMILES string of the molecule is COC(=O)[C@@H]1Cc2ccccc2C[NH+]1CC(=O)Nc1ccc([N+](=O)[O-])cc1. The molecule has 0 saturated carbocycles. The Morgan fingerprint density at radius 3 is 2.48 bits per heavy atom. The molecular formula is C19H20N3O5+. The van der Waals surface area contributed by atoms with Crippen LogP contribution in [0.1, 0.15) is 11.1 Å². The zero-order valence-electron chi connectivity index (χ0n) is 14.8. The van der Waals surface area contributed by atoms with E-state index >= 15 is 0 Å². The van der Waals surface area contributed by atoms with Crippen molar-refractivity contribution in [3.63, 3.8) is 0 Å². The fourth-order valence-electron chi connectivity index (χ4n) is 3.32. The van der Waals surface area contributed by atoms with Gasteiger partial charge in [0.15, 0.2) is 12.6 Å². The van der Waals surface area contributed by atoms with Crippen LogP contribution in [0.5, 0.6) is 0 Å². The van der Waals surface area contributed by atoms with Gasteiger partial charge >= 0.3 is 5.97 Å². The number of hydrogen-bond donors (Lipinski definition) is 2. The molecule has 2 aromatic rings. The van der Waals surface area contributed by atoms with Gasteiger partial charge in [-0.1, -0.05) is 24.3 Å². The number of nitrogens with zero attached hydrogens (tertiary/aromatic N) is 1. The maximum absolute atomic E-state index is 12.5. The number of amides is 1. The van der Waals surface area contributed by atoms with Crippen LogP contribution in [0.4, 0.5) is 11.4 Å². The summed E-state index contributed by atoms with van der Waals surface area (Å²) in [5.41, 5.74) is 2.62. The fraction of sp³-hybridized carbons (Fsp3) is 0.263. The maximum Gasteiger partial charge on any atom is 0.365 e. The van der Waals surface area contributed by atoms with E-state index < -0.39 is 11.0 Å². The molecule has 0 fully saturated rings. The molecule has 1 aliphatic heterocycles. The first-order valence-corrected chi connectivity index (χ1v) is 8.51. The summed E-state index contributed by atoms with van der Waals surface area (Å²) in [6.07, 6.45) is 0.517. The number of nitro benzene ring substituents is 1. The monoisotopic (exact) mass is 370 g/mol. The van der Waals surface area contributed by atoms with Crippen LogP contribution in [-0.2, 0) is 27.3 Å². The van der Waals surface area contributed by atoms with Crippen LogP contribution in [0.2, 0.25) is 0 Å². The third kappa shape index (κ3) is 4.29. The number of esters is 1. The van der Waals surface area contributed by atoms with E-state index in [2.05, 4.69) is 5.32 Å². The fourth-order valence-corrected chi connectivity index (χ4v) is 3.32. The van der Waals surface area contributed by atoms with Gasteiger partial charge in [-0.15, -0.1) is 0 Å². The number of anilines is 1. The van der Waals surface area contributed by atoms with Crippen molar-refractivity contribution < 1.29 is 24.1 Å². The molecule has 1 unspecified atom stereocenters. The van der Waals surface area contributed by atoms with Crippen LogP contribution in [0, 0.1) is 10.1 Å². The number of rotatable bonds is 5. The first-order chi connectivity index (χ1) is 13.0. The molecule has 3 rings (SSSR count). The number of fused-ring (bicyclic) bond motifs is 1. The Morgan fingerprint density at radius 1 is 1.19 bits per heavy atom. The van der Waals surface area contributed by atoms with Crippen LogP contribution in [-0.4, -0.2) is 36.5 Å². The molecule has 0 bridgehead atoms. The number of hydrogen-bond acceptors (Lipinski definition) is 5. The first-order valence-electron chi connectivity index (χ1n) is 8.51. The Kier molecular flexibility index (Phi) is 5.46. The number of non-ortho nitro benzene ring substituents is 1. The van der Waals surface area contributed by atoms with Crippen LogP contribution in [0.25, 0.3) is 0 Å². The van der Waals surface area contributed by atoms with Gasteiger partial charge < -0.3 is 15.0 Å². The zero-order valence-corrected chi connectivity index (χ0v) is 14.8. The Labute approximate surface area is 155 Å². The molecule has 1 heterocycles. The highest BCUT2D eigenvalue weighted by molar-refractivity contribution is 5.91. The molecule has 2 atom stereocenters. The molecule has 8 heteroatoms. The smallest absolute Gasteiger partial charge is 0.365 e. The van der Waals surface area contributed by atoms with E-state index in [9.17, 15) is 19.7 Å². The standard InChI is InChI=1S/C19H19N3O5/c1-27-19(24)17-10-13-4-2-3-5-14(13)11-21(17)12-18(23)20-15-6-8-16(9-7-15)22(25)26/h2-9,17H,10-12H2,1H3,(H,20,23)/p+1/t17-/m0/s1. The first kappa shape index (κ1) is 18.5. The highest BCUT2D eigenvalue weighted by Crippen LogP contribution is 2.16. The summed E-state index contributed by atoms with van der Waals surface area (Å²) < 4.78 is 4.92. The number of benzene rings is 2. The average Bonchev–Trinajstić information content (AvgIpc) is 2.67. The van der Waals surface area contributed by atoms with Crippen molar-refractivity contribution in [3.05, 3.63) is 69.8 Å². The number of carbonyl (C=O) groups is 2. The minimum Gasteiger partial charge on any atom is -0.465 e. The molecule has 2 aromatic carbocycles. The molecular weight excluding hydrogens is 350 g/mol. The van der Waals surface area contributed by atoms with Gasteiger partial charge in [0.2, 0.25) is 0 Å². The highest BCUT2D eigenvalue weighted by Gasteiger charge is 2.37. The summed E-state index contributed by atoms with van der Waals surface area (Å²) in [5.74, 6) is -0.616. The lowest BCUT2D eigenvalue weighted by Crippen LogP contribution is -3.17. The minimum absolute atomic E-state index is 0.0444. The summed E-state index contributed by atoms with van der Waals surface area (Å²) in [6, 6.07) is 13.0. The summed E-state index contributed by atoms with van der Waals surface area (Å²) in [4.78, 5) is 35.6. The van der Waals surface area contributed by atoms with Gasteiger partial charge in [-0.25, -0.2) is 4.79 Å². The van der Waals surface area contributed by atoms with Gasteiger partial charge in [-0.2, -0.15) is 0 Å². The Hall–Kier alpha value is -3.26. The lowest BCUT2D eigenvalue weighted by atomic mass is 9.94. The van der Waals surface area contributed by atoms with Gasteiger partial charge in [0.1, 0.15) is 6.54 Å². The van der Waals surface area contributed by atoms with Crippen molar-refractivity contribution in [3.8, 4) is 0 Å². The molecule has 0 spiro atoms. The summed E-state index contributed by atoms with van der Waals surface area (Å²) in [5, 5.41) is 13.4. The van der Waals surface area contributed by atoms with Crippen LogP contribution in [0.15, 0.2) is 48.5 Å². The van der Waals surface area contributed by atoms with Crippen molar-refractivity contribution in [2.45, 2.75) is 19.0 Å². The lowest BCUT2D eigenvalue weighted by Gasteiger charge is -2.31. The van der Waals surface area contributed by atoms with Crippen molar-refractivity contribution in [1.29, 1.82) is 0 Å². The van der Waals surface area contributed by atoms with Gasteiger partial charge in [0.05, 0.1) is 12.0 Å². The average molecular weight is 370 g/mol. The van der Waals surface area contributed by atoms with E-state index in [1.165, 1.54) is 31.4 Å². The van der Waals surface area contributed by atoms with E-state index in [0.717, 1.165) is 16.0 Å². The second-order valence-corrected chi connectivity index (χ2v) is 6.41. The largest absolute Gasteiger partial charge is 0.465 e. The summed E-state index contributed by atoms with van der Waals surface area (Å²) in [6.45, 7) is 0.634. The molecule has 8 nitrogen and oxygen atoms in total. The van der Waals surface area contributed by atoms with Crippen molar-refractivity contribution in [2.75, 3.05) is 19.0 Å². The molecule has 0 aliphatic carbocycles. The van der Waals surface area contributed by atoms with E-state index in [0.29, 0.717) is 18.7 Å². The molecule has 0 radical (unpaired) electrons. The maximum atomic E-state index is 12.5. The molecule has 27 heavy (non-hydrogen) atoms.